The lowest BCUT2D eigenvalue weighted by Crippen LogP contribution is -2.48. The standard InChI is InChI=1S/C19H31N3O2/c1-19(2,3)15-18(23)20-9-10-21-11-13-22(14-12-21)16-7-5-6-8-17(16)24-4/h5-8H,9-15H2,1-4H3,(H,20,23). The number of rotatable bonds is 6. The molecule has 0 aliphatic carbocycles. The molecule has 0 unspecified atom stereocenters. The minimum absolute atomic E-state index is 0.0461. The highest BCUT2D eigenvalue weighted by molar-refractivity contribution is 5.76. The van der Waals surface area contributed by atoms with Crippen molar-refractivity contribution in [2.75, 3.05) is 51.3 Å². The molecule has 2 rings (SSSR count). The molecule has 1 heterocycles. The van der Waals surface area contributed by atoms with Crippen molar-refractivity contribution in [1.82, 2.24) is 10.2 Å². The van der Waals surface area contributed by atoms with Gasteiger partial charge in [0.05, 0.1) is 12.8 Å². The summed E-state index contributed by atoms with van der Waals surface area (Å²) in [6, 6.07) is 8.17. The topological polar surface area (TPSA) is 44.8 Å². The van der Waals surface area contributed by atoms with Crippen LogP contribution in [0.25, 0.3) is 0 Å². The molecule has 1 aliphatic heterocycles. The second-order valence-corrected chi connectivity index (χ2v) is 7.59. The van der Waals surface area contributed by atoms with Crippen molar-refractivity contribution in [3.05, 3.63) is 24.3 Å². The first kappa shape index (κ1) is 18.6. The molecule has 1 saturated heterocycles. The molecule has 0 spiro atoms. The van der Waals surface area contributed by atoms with Crippen molar-refractivity contribution in [2.45, 2.75) is 27.2 Å². The number of methoxy groups -OCH3 is 1. The molecule has 0 aromatic heterocycles. The van der Waals surface area contributed by atoms with E-state index in [-0.39, 0.29) is 11.3 Å². The lowest BCUT2D eigenvalue weighted by atomic mass is 9.92. The first-order valence-electron chi connectivity index (χ1n) is 8.76. The lowest BCUT2D eigenvalue weighted by Gasteiger charge is -2.36. The number of carbonyl (C=O) groups excluding carboxylic acids is 1. The Morgan fingerprint density at radius 3 is 2.46 bits per heavy atom. The van der Waals surface area contributed by atoms with E-state index in [1.165, 1.54) is 0 Å². The van der Waals surface area contributed by atoms with Crippen molar-refractivity contribution < 1.29 is 9.53 Å². The molecule has 1 N–H and O–H groups in total. The molecule has 0 radical (unpaired) electrons. The van der Waals surface area contributed by atoms with Gasteiger partial charge in [-0.05, 0) is 17.5 Å². The Hall–Kier alpha value is -1.75. The molecule has 1 aromatic rings. The minimum atomic E-state index is 0.0461. The maximum absolute atomic E-state index is 11.9. The van der Waals surface area contributed by atoms with Crippen LogP contribution in [0.2, 0.25) is 0 Å². The third-order valence-corrected chi connectivity index (χ3v) is 4.24. The molecule has 24 heavy (non-hydrogen) atoms. The van der Waals surface area contributed by atoms with E-state index in [0.717, 1.165) is 50.7 Å². The largest absolute Gasteiger partial charge is 0.495 e. The number of ether oxygens (including phenoxy) is 1. The first-order valence-corrected chi connectivity index (χ1v) is 8.76. The summed E-state index contributed by atoms with van der Waals surface area (Å²) in [5, 5.41) is 3.03. The molecule has 1 fully saturated rings. The van der Waals surface area contributed by atoms with E-state index in [1.807, 2.05) is 12.1 Å². The predicted octanol–water partition coefficient (Wildman–Crippen LogP) is 2.37. The molecule has 5 heteroatoms. The van der Waals surface area contributed by atoms with Crippen molar-refractivity contribution in [3.63, 3.8) is 0 Å². The van der Waals surface area contributed by atoms with Crippen LogP contribution in [0, 0.1) is 5.41 Å². The average molecular weight is 333 g/mol. The highest BCUT2D eigenvalue weighted by atomic mass is 16.5. The lowest BCUT2D eigenvalue weighted by molar-refractivity contribution is -0.122. The molecule has 0 saturated carbocycles. The highest BCUT2D eigenvalue weighted by Gasteiger charge is 2.20. The van der Waals surface area contributed by atoms with Gasteiger partial charge in [0, 0.05) is 45.7 Å². The number of piperazine rings is 1. The summed E-state index contributed by atoms with van der Waals surface area (Å²) in [7, 11) is 1.72. The number of carbonyl (C=O) groups is 1. The SMILES string of the molecule is COc1ccccc1N1CCN(CCNC(=O)CC(C)(C)C)CC1. The quantitative estimate of drug-likeness (QED) is 0.868. The zero-order valence-electron chi connectivity index (χ0n) is 15.5. The van der Waals surface area contributed by atoms with Crippen LogP contribution in [-0.2, 0) is 4.79 Å². The van der Waals surface area contributed by atoms with Gasteiger partial charge in [-0.3, -0.25) is 9.69 Å². The summed E-state index contributed by atoms with van der Waals surface area (Å²) in [6.45, 7) is 11.9. The van der Waals surface area contributed by atoms with Gasteiger partial charge in [-0.2, -0.15) is 0 Å². The number of nitrogens with one attached hydrogen (secondary N) is 1. The fraction of sp³-hybridized carbons (Fsp3) is 0.632. The molecule has 1 aromatic carbocycles. The Morgan fingerprint density at radius 2 is 1.83 bits per heavy atom. The third-order valence-electron chi connectivity index (χ3n) is 4.24. The summed E-state index contributed by atoms with van der Waals surface area (Å²) in [4.78, 5) is 16.6. The van der Waals surface area contributed by atoms with Crippen LogP contribution in [0.15, 0.2) is 24.3 Å². The van der Waals surface area contributed by atoms with Crippen LogP contribution < -0.4 is 15.0 Å². The third kappa shape index (κ3) is 5.71. The minimum Gasteiger partial charge on any atom is -0.495 e. The van der Waals surface area contributed by atoms with E-state index in [9.17, 15) is 4.79 Å². The van der Waals surface area contributed by atoms with Gasteiger partial charge >= 0.3 is 0 Å². The van der Waals surface area contributed by atoms with Crippen LogP contribution in [0.1, 0.15) is 27.2 Å². The van der Waals surface area contributed by atoms with Crippen LogP contribution in [0.3, 0.4) is 0 Å². The van der Waals surface area contributed by atoms with Crippen molar-refractivity contribution in [3.8, 4) is 5.75 Å². The summed E-state index contributed by atoms with van der Waals surface area (Å²) in [5.74, 6) is 1.08. The summed E-state index contributed by atoms with van der Waals surface area (Å²) < 4.78 is 5.45. The molecule has 1 aliphatic rings. The van der Waals surface area contributed by atoms with E-state index in [0.29, 0.717) is 6.42 Å². The highest BCUT2D eigenvalue weighted by Crippen LogP contribution is 2.28. The molecular weight excluding hydrogens is 302 g/mol. The maximum atomic E-state index is 11.9. The maximum Gasteiger partial charge on any atom is 0.220 e. The summed E-state index contributed by atoms with van der Waals surface area (Å²) in [5.41, 5.74) is 1.21. The van der Waals surface area contributed by atoms with Gasteiger partial charge in [0.2, 0.25) is 5.91 Å². The molecule has 1 amide bonds. The summed E-state index contributed by atoms with van der Waals surface area (Å²) in [6.07, 6.45) is 0.578. The van der Waals surface area contributed by atoms with Crippen LogP contribution in [0.5, 0.6) is 5.75 Å². The van der Waals surface area contributed by atoms with Gasteiger partial charge in [0.25, 0.3) is 0 Å². The van der Waals surface area contributed by atoms with Crippen LogP contribution in [-0.4, -0.2) is 57.2 Å². The first-order chi connectivity index (χ1) is 11.4. The second-order valence-electron chi connectivity index (χ2n) is 7.59. The summed E-state index contributed by atoms with van der Waals surface area (Å²) >= 11 is 0. The van der Waals surface area contributed by atoms with Crippen molar-refractivity contribution in [2.24, 2.45) is 5.41 Å². The van der Waals surface area contributed by atoms with Crippen molar-refractivity contribution in [1.29, 1.82) is 0 Å². The van der Waals surface area contributed by atoms with Gasteiger partial charge in [-0.1, -0.05) is 32.9 Å². The van der Waals surface area contributed by atoms with E-state index in [4.69, 9.17) is 4.74 Å². The van der Waals surface area contributed by atoms with Gasteiger partial charge in [-0.15, -0.1) is 0 Å². The van der Waals surface area contributed by atoms with E-state index >= 15 is 0 Å². The van der Waals surface area contributed by atoms with E-state index in [2.05, 4.69) is 48.0 Å². The number of benzene rings is 1. The molecule has 0 atom stereocenters. The van der Waals surface area contributed by atoms with Gasteiger partial charge in [-0.25, -0.2) is 0 Å². The molecule has 0 bridgehead atoms. The van der Waals surface area contributed by atoms with E-state index in [1.54, 1.807) is 7.11 Å². The number of para-hydroxylation sites is 2. The van der Waals surface area contributed by atoms with Crippen molar-refractivity contribution >= 4 is 11.6 Å². The monoisotopic (exact) mass is 333 g/mol. The Bertz CT molecular complexity index is 532. The number of hydrogen-bond acceptors (Lipinski definition) is 4. The van der Waals surface area contributed by atoms with Crippen LogP contribution >= 0.6 is 0 Å². The van der Waals surface area contributed by atoms with Gasteiger partial charge in [0.1, 0.15) is 5.75 Å². The number of nitrogens with zero attached hydrogens (tertiary/aromatic N) is 2. The Morgan fingerprint density at radius 1 is 1.17 bits per heavy atom. The fourth-order valence-electron chi connectivity index (χ4n) is 3.00. The second kappa shape index (κ2) is 8.38. The normalized spacial score (nSPS) is 16.1. The van der Waals surface area contributed by atoms with E-state index < -0.39 is 0 Å². The zero-order chi connectivity index (χ0) is 17.6. The molecule has 134 valence electrons. The smallest absolute Gasteiger partial charge is 0.220 e. The number of hydrogen-bond donors (Lipinski definition) is 1. The predicted molar refractivity (Wildman–Crippen MR) is 98.7 cm³/mol. The number of anilines is 1. The Balaban J connectivity index is 1.72. The van der Waals surface area contributed by atoms with Gasteiger partial charge in [0.15, 0.2) is 0 Å². The van der Waals surface area contributed by atoms with Crippen LogP contribution in [0.4, 0.5) is 5.69 Å². The molecular formula is C19H31N3O2. The Labute approximate surface area is 146 Å². The zero-order valence-corrected chi connectivity index (χ0v) is 15.5. The Kier molecular flexibility index (Phi) is 6.49. The average Bonchev–Trinajstić information content (AvgIpc) is 2.54. The molecule has 5 nitrogen and oxygen atoms in total. The number of amides is 1. The fourth-order valence-corrected chi connectivity index (χ4v) is 3.00. The van der Waals surface area contributed by atoms with Gasteiger partial charge < -0.3 is 15.0 Å².